The van der Waals surface area contributed by atoms with Crippen molar-refractivity contribution in [3.05, 3.63) is 82.9 Å². The molecule has 4 nitrogen and oxygen atoms in total. The van der Waals surface area contributed by atoms with E-state index in [1.807, 2.05) is 49.4 Å². The summed E-state index contributed by atoms with van der Waals surface area (Å²) in [5, 5.41) is 6.34. The molecule has 136 valence electrons. The lowest BCUT2D eigenvalue weighted by Crippen LogP contribution is -2.24. The molecule has 0 spiro atoms. The molecule has 4 N–H and O–H groups in total. The predicted molar refractivity (Wildman–Crippen MR) is 111 cm³/mol. The Kier molecular flexibility index (Phi) is 4.65. The Morgan fingerprint density at radius 3 is 2.63 bits per heavy atom. The van der Waals surface area contributed by atoms with Gasteiger partial charge < -0.3 is 16.4 Å². The average Bonchev–Trinajstić information content (AvgIpc) is 2.70. The van der Waals surface area contributed by atoms with E-state index in [4.69, 9.17) is 5.73 Å². The van der Waals surface area contributed by atoms with Crippen LogP contribution in [0.3, 0.4) is 0 Å². The number of nitrogens with one attached hydrogen (secondary N) is 2. The van der Waals surface area contributed by atoms with E-state index < -0.39 is 0 Å². The number of benzene rings is 3. The number of amides is 1. The first-order chi connectivity index (χ1) is 13.1. The Hall–Kier alpha value is -3.11. The van der Waals surface area contributed by atoms with Crippen molar-refractivity contribution in [3.8, 4) is 11.1 Å². The van der Waals surface area contributed by atoms with Crippen molar-refractivity contribution >= 4 is 17.3 Å². The SMILES string of the molecule is Cc1c(C(=O)Nc2ccccc2)ccc(-c2cccc3c2CCNC3)c1N. The minimum Gasteiger partial charge on any atom is -0.398 e. The van der Waals surface area contributed by atoms with Gasteiger partial charge in [0.05, 0.1) is 0 Å². The van der Waals surface area contributed by atoms with Crippen molar-refractivity contribution in [2.24, 2.45) is 0 Å². The lowest BCUT2D eigenvalue weighted by Gasteiger charge is -2.22. The Labute approximate surface area is 159 Å². The molecule has 0 bridgehead atoms. The van der Waals surface area contributed by atoms with Crippen molar-refractivity contribution in [3.63, 3.8) is 0 Å². The zero-order valence-electron chi connectivity index (χ0n) is 15.4. The maximum atomic E-state index is 12.7. The molecule has 0 atom stereocenters. The fourth-order valence-corrected chi connectivity index (χ4v) is 3.71. The number of hydrogen-bond donors (Lipinski definition) is 3. The van der Waals surface area contributed by atoms with E-state index >= 15 is 0 Å². The maximum absolute atomic E-state index is 12.7. The minimum atomic E-state index is -0.142. The van der Waals surface area contributed by atoms with Crippen LogP contribution in [-0.4, -0.2) is 12.5 Å². The lowest BCUT2D eigenvalue weighted by atomic mass is 9.89. The van der Waals surface area contributed by atoms with Crippen molar-refractivity contribution < 1.29 is 4.79 Å². The van der Waals surface area contributed by atoms with Gasteiger partial charge in [0.2, 0.25) is 0 Å². The largest absolute Gasteiger partial charge is 0.398 e. The van der Waals surface area contributed by atoms with E-state index in [2.05, 4.69) is 28.8 Å². The lowest BCUT2D eigenvalue weighted by molar-refractivity contribution is 0.102. The summed E-state index contributed by atoms with van der Waals surface area (Å²) in [6, 6.07) is 19.7. The molecule has 0 unspecified atom stereocenters. The Balaban J connectivity index is 1.70. The fraction of sp³-hybridized carbons (Fsp3) is 0.174. The molecule has 4 rings (SSSR count). The van der Waals surface area contributed by atoms with Crippen LogP contribution in [0, 0.1) is 6.92 Å². The zero-order valence-corrected chi connectivity index (χ0v) is 15.4. The fourth-order valence-electron chi connectivity index (χ4n) is 3.71. The van der Waals surface area contributed by atoms with Crippen molar-refractivity contribution in [1.82, 2.24) is 5.32 Å². The highest BCUT2D eigenvalue weighted by atomic mass is 16.1. The van der Waals surface area contributed by atoms with Crippen molar-refractivity contribution in [2.45, 2.75) is 19.9 Å². The second-order valence-corrected chi connectivity index (χ2v) is 6.89. The van der Waals surface area contributed by atoms with Crippen LogP contribution in [0.1, 0.15) is 27.0 Å². The van der Waals surface area contributed by atoms with E-state index in [-0.39, 0.29) is 5.91 Å². The normalized spacial score (nSPS) is 13.1. The Morgan fingerprint density at radius 1 is 1.00 bits per heavy atom. The molecule has 1 aliphatic heterocycles. The number of rotatable bonds is 3. The molecule has 1 aliphatic rings. The highest BCUT2D eigenvalue weighted by Crippen LogP contribution is 2.35. The van der Waals surface area contributed by atoms with Crippen LogP contribution in [-0.2, 0) is 13.0 Å². The number of para-hydroxylation sites is 1. The molecule has 0 radical (unpaired) electrons. The molecule has 0 saturated heterocycles. The second-order valence-electron chi connectivity index (χ2n) is 6.89. The van der Waals surface area contributed by atoms with E-state index in [1.165, 1.54) is 16.7 Å². The van der Waals surface area contributed by atoms with Gasteiger partial charge in [-0.3, -0.25) is 4.79 Å². The van der Waals surface area contributed by atoms with E-state index in [1.54, 1.807) is 0 Å². The summed E-state index contributed by atoms with van der Waals surface area (Å²) >= 11 is 0. The van der Waals surface area contributed by atoms with E-state index in [0.717, 1.165) is 36.3 Å². The zero-order chi connectivity index (χ0) is 18.8. The van der Waals surface area contributed by atoms with Crippen LogP contribution in [0.2, 0.25) is 0 Å². The third kappa shape index (κ3) is 3.32. The van der Waals surface area contributed by atoms with Gasteiger partial charge in [-0.2, -0.15) is 0 Å². The average molecular weight is 357 g/mol. The molecule has 0 aliphatic carbocycles. The standard InChI is InChI=1S/C23H23N3O/c1-15-18(23(27)26-17-7-3-2-4-8-17)10-11-21(22(15)24)20-9-5-6-16-14-25-13-12-19(16)20/h2-11,25H,12-14,24H2,1H3,(H,26,27). The number of nitrogen functional groups attached to an aromatic ring is 1. The molecule has 3 aromatic carbocycles. The quantitative estimate of drug-likeness (QED) is 0.617. The van der Waals surface area contributed by atoms with Gasteiger partial charge in [-0.05, 0) is 60.3 Å². The summed E-state index contributed by atoms with van der Waals surface area (Å²) in [7, 11) is 0. The van der Waals surface area contributed by atoms with E-state index in [0.29, 0.717) is 11.3 Å². The maximum Gasteiger partial charge on any atom is 0.256 e. The van der Waals surface area contributed by atoms with Crippen LogP contribution in [0.4, 0.5) is 11.4 Å². The number of nitrogens with two attached hydrogens (primary N) is 1. The minimum absolute atomic E-state index is 0.142. The molecule has 0 saturated carbocycles. The predicted octanol–water partition coefficient (Wildman–Crippen LogP) is 4.14. The van der Waals surface area contributed by atoms with Gasteiger partial charge in [-0.1, -0.05) is 42.5 Å². The topological polar surface area (TPSA) is 67.2 Å². The molecule has 0 aromatic heterocycles. The van der Waals surface area contributed by atoms with Gasteiger partial charge in [0, 0.05) is 29.0 Å². The summed E-state index contributed by atoms with van der Waals surface area (Å²) in [4.78, 5) is 12.7. The number of carbonyl (C=O) groups excluding carboxylic acids is 1. The molecule has 1 amide bonds. The van der Waals surface area contributed by atoms with Crippen LogP contribution >= 0.6 is 0 Å². The Morgan fingerprint density at radius 2 is 1.81 bits per heavy atom. The number of carbonyl (C=O) groups is 1. The molecule has 27 heavy (non-hydrogen) atoms. The number of fused-ring (bicyclic) bond motifs is 1. The van der Waals surface area contributed by atoms with Gasteiger partial charge in [-0.15, -0.1) is 0 Å². The van der Waals surface area contributed by atoms with Gasteiger partial charge in [0.15, 0.2) is 0 Å². The summed E-state index contributed by atoms with van der Waals surface area (Å²) in [5.74, 6) is -0.142. The molecular weight excluding hydrogens is 334 g/mol. The van der Waals surface area contributed by atoms with Crippen LogP contribution in [0.15, 0.2) is 60.7 Å². The van der Waals surface area contributed by atoms with Crippen molar-refractivity contribution in [1.29, 1.82) is 0 Å². The molecule has 4 heteroatoms. The molecule has 3 aromatic rings. The first kappa shape index (κ1) is 17.3. The van der Waals surface area contributed by atoms with Gasteiger partial charge in [0.25, 0.3) is 5.91 Å². The first-order valence-corrected chi connectivity index (χ1v) is 9.22. The smallest absolute Gasteiger partial charge is 0.256 e. The highest BCUT2D eigenvalue weighted by Gasteiger charge is 2.18. The summed E-state index contributed by atoms with van der Waals surface area (Å²) in [5.41, 5.74) is 14.2. The number of anilines is 2. The second kappa shape index (κ2) is 7.25. The van der Waals surface area contributed by atoms with Crippen LogP contribution in [0.25, 0.3) is 11.1 Å². The third-order valence-electron chi connectivity index (χ3n) is 5.22. The first-order valence-electron chi connectivity index (χ1n) is 9.22. The number of hydrogen-bond acceptors (Lipinski definition) is 3. The molecule has 1 heterocycles. The Bertz CT molecular complexity index is 996. The van der Waals surface area contributed by atoms with Crippen molar-refractivity contribution in [2.75, 3.05) is 17.6 Å². The van der Waals surface area contributed by atoms with Gasteiger partial charge in [-0.25, -0.2) is 0 Å². The van der Waals surface area contributed by atoms with Crippen LogP contribution < -0.4 is 16.4 Å². The molecular formula is C23H23N3O. The summed E-state index contributed by atoms with van der Waals surface area (Å²) < 4.78 is 0. The summed E-state index contributed by atoms with van der Waals surface area (Å²) in [6.07, 6.45) is 0.986. The highest BCUT2D eigenvalue weighted by molar-refractivity contribution is 6.07. The van der Waals surface area contributed by atoms with Gasteiger partial charge >= 0.3 is 0 Å². The van der Waals surface area contributed by atoms with E-state index in [9.17, 15) is 4.79 Å². The van der Waals surface area contributed by atoms with Crippen LogP contribution in [0.5, 0.6) is 0 Å². The third-order valence-corrected chi connectivity index (χ3v) is 5.22. The molecule has 0 fully saturated rings. The monoisotopic (exact) mass is 357 g/mol. The van der Waals surface area contributed by atoms with Gasteiger partial charge in [0.1, 0.15) is 0 Å². The summed E-state index contributed by atoms with van der Waals surface area (Å²) in [6.45, 7) is 3.77.